The number of imidazole rings is 1. The average molecular weight is 440 g/mol. The fourth-order valence-corrected chi connectivity index (χ4v) is 4.92. The van der Waals surface area contributed by atoms with Gasteiger partial charge in [0.2, 0.25) is 5.91 Å². The molecular formula is C25H25N7O. The molecule has 4 aromatic rings. The zero-order valence-corrected chi connectivity index (χ0v) is 19.0. The molecule has 0 unspecified atom stereocenters. The lowest BCUT2D eigenvalue weighted by molar-refractivity contribution is -0.120. The van der Waals surface area contributed by atoms with Crippen LogP contribution in [0.15, 0.2) is 36.9 Å². The number of anilines is 1. The number of aryl methyl sites for hydroxylation is 2. The van der Waals surface area contributed by atoms with Crippen molar-refractivity contribution in [2.45, 2.75) is 52.0 Å². The van der Waals surface area contributed by atoms with E-state index in [2.05, 4.69) is 49.7 Å². The van der Waals surface area contributed by atoms with Crippen molar-refractivity contribution in [1.82, 2.24) is 29.5 Å². The van der Waals surface area contributed by atoms with Gasteiger partial charge in [0, 0.05) is 30.2 Å². The summed E-state index contributed by atoms with van der Waals surface area (Å²) >= 11 is 0. The molecule has 1 fully saturated rings. The summed E-state index contributed by atoms with van der Waals surface area (Å²) in [5.74, 6) is 2.21. The Bertz CT molecular complexity index is 1400. The lowest BCUT2D eigenvalue weighted by Crippen LogP contribution is -2.31. The number of nitrogens with zero attached hydrogens (tertiary/aromatic N) is 6. The highest BCUT2D eigenvalue weighted by atomic mass is 16.2. The molecule has 6 rings (SSSR count). The number of amides is 1. The van der Waals surface area contributed by atoms with Gasteiger partial charge in [0.25, 0.3) is 0 Å². The van der Waals surface area contributed by atoms with Gasteiger partial charge in [-0.05, 0) is 50.8 Å². The SMILES string of the molecule is CCn1c(-c2cnc(C)nc2)nc2c(-c3ccc4c(c3)[C@](C)(CC3CC3)C(=O)N4)ncnc21. The normalized spacial score (nSPS) is 19.7. The highest BCUT2D eigenvalue weighted by Crippen LogP contribution is 2.48. The fourth-order valence-electron chi connectivity index (χ4n) is 4.92. The lowest BCUT2D eigenvalue weighted by Gasteiger charge is -2.22. The first kappa shape index (κ1) is 20.0. The van der Waals surface area contributed by atoms with Crippen molar-refractivity contribution >= 4 is 22.8 Å². The minimum absolute atomic E-state index is 0.0892. The molecule has 1 aliphatic heterocycles. The minimum Gasteiger partial charge on any atom is -0.325 e. The van der Waals surface area contributed by atoms with Gasteiger partial charge in [0.05, 0.1) is 11.0 Å². The van der Waals surface area contributed by atoms with Crippen molar-refractivity contribution in [3.8, 4) is 22.6 Å². The summed E-state index contributed by atoms with van der Waals surface area (Å²) in [5, 5.41) is 3.08. The number of aromatic nitrogens is 6. The van der Waals surface area contributed by atoms with E-state index in [4.69, 9.17) is 4.98 Å². The molecule has 1 N–H and O–H groups in total. The van der Waals surface area contributed by atoms with Crippen LogP contribution in [-0.4, -0.2) is 35.4 Å². The van der Waals surface area contributed by atoms with Crippen LogP contribution in [0.1, 0.15) is 44.5 Å². The number of hydrogen-bond acceptors (Lipinski definition) is 6. The van der Waals surface area contributed by atoms with E-state index >= 15 is 0 Å². The number of fused-ring (bicyclic) bond motifs is 2. The maximum absolute atomic E-state index is 12.9. The van der Waals surface area contributed by atoms with Gasteiger partial charge >= 0.3 is 0 Å². The standard InChI is InChI=1S/C25H25N7O/c1-4-32-22(17-11-26-14(2)27-12-17)31-21-20(28-13-29-23(21)32)16-7-8-19-18(9-16)25(3,24(33)30-19)10-15-5-6-15/h7-9,11-13,15H,4-6,10H2,1-3H3,(H,30,33)/t25-/m0/s1. The van der Waals surface area contributed by atoms with Gasteiger partial charge in [-0.25, -0.2) is 24.9 Å². The van der Waals surface area contributed by atoms with Gasteiger partial charge in [-0.15, -0.1) is 0 Å². The first-order valence-corrected chi connectivity index (χ1v) is 11.4. The van der Waals surface area contributed by atoms with Crippen LogP contribution in [0.3, 0.4) is 0 Å². The van der Waals surface area contributed by atoms with Crippen LogP contribution in [0.2, 0.25) is 0 Å². The first-order chi connectivity index (χ1) is 16.0. The second-order valence-electron chi connectivity index (χ2n) is 9.29. The van der Waals surface area contributed by atoms with Crippen LogP contribution >= 0.6 is 0 Å². The third-order valence-electron chi connectivity index (χ3n) is 6.92. The predicted molar refractivity (Wildman–Crippen MR) is 126 cm³/mol. The van der Waals surface area contributed by atoms with Gasteiger partial charge < -0.3 is 9.88 Å². The summed E-state index contributed by atoms with van der Waals surface area (Å²) in [6.45, 7) is 6.70. The van der Waals surface area contributed by atoms with Crippen molar-refractivity contribution in [3.63, 3.8) is 0 Å². The van der Waals surface area contributed by atoms with Crippen molar-refractivity contribution in [3.05, 3.63) is 48.3 Å². The second-order valence-corrected chi connectivity index (χ2v) is 9.29. The molecule has 1 atom stereocenters. The molecular weight excluding hydrogens is 414 g/mol. The first-order valence-electron chi connectivity index (χ1n) is 11.4. The maximum Gasteiger partial charge on any atom is 0.234 e. The average Bonchev–Trinajstić information content (AvgIpc) is 3.49. The highest BCUT2D eigenvalue weighted by molar-refractivity contribution is 6.06. The molecule has 0 spiro atoms. The highest BCUT2D eigenvalue weighted by Gasteiger charge is 2.46. The van der Waals surface area contributed by atoms with Crippen LogP contribution in [0.4, 0.5) is 5.69 Å². The van der Waals surface area contributed by atoms with Crippen LogP contribution in [-0.2, 0) is 16.8 Å². The van der Waals surface area contributed by atoms with Crippen LogP contribution in [0, 0.1) is 12.8 Å². The Kier molecular flexibility index (Phi) is 4.33. The second kappa shape index (κ2) is 7.16. The Balaban J connectivity index is 1.50. The van der Waals surface area contributed by atoms with Crippen LogP contribution in [0.25, 0.3) is 33.8 Å². The van der Waals surface area contributed by atoms with Gasteiger partial charge in [0.1, 0.15) is 29.2 Å². The van der Waals surface area contributed by atoms with E-state index in [1.54, 1.807) is 18.7 Å². The third-order valence-corrected chi connectivity index (χ3v) is 6.92. The largest absolute Gasteiger partial charge is 0.325 e. The molecule has 166 valence electrons. The van der Waals surface area contributed by atoms with Gasteiger partial charge in [0.15, 0.2) is 5.65 Å². The molecule has 8 heteroatoms. The minimum atomic E-state index is -0.508. The summed E-state index contributed by atoms with van der Waals surface area (Å²) in [4.78, 5) is 35.6. The summed E-state index contributed by atoms with van der Waals surface area (Å²) in [6, 6.07) is 6.10. The summed E-state index contributed by atoms with van der Waals surface area (Å²) in [5.41, 5.74) is 5.48. The van der Waals surface area contributed by atoms with Crippen molar-refractivity contribution in [1.29, 1.82) is 0 Å². The summed E-state index contributed by atoms with van der Waals surface area (Å²) in [7, 11) is 0. The number of benzene rings is 1. The number of hydrogen-bond donors (Lipinski definition) is 1. The van der Waals surface area contributed by atoms with Gasteiger partial charge in [-0.2, -0.15) is 0 Å². The maximum atomic E-state index is 12.9. The van der Waals surface area contributed by atoms with E-state index in [1.165, 1.54) is 12.8 Å². The lowest BCUT2D eigenvalue weighted by atomic mass is 9.78. The molecule has 0 bridgehead atoms. The third kappa shape index (κ3) is 3.12. The van der Waals surface area contributed by atoms with Crippen molar-refractivity contribution in [2.75, 3.05) is 5.32 Å². The molecule has 33 heavy (non-hydrogen) atoms. The molecule has 0 radical (unpaired) electrons. The molecule has 0 saturated heterocycles. The monoisotopic (exact) mass is 439 g/mol. The molecule has 8 nitrogen and oxygen atoms in total. The Morgan fingerprint density at radius 3 is 2.64 bits per heavy atom. The zero-order valence-electron chi connectivity index (χ0n) is 19.0. The van der Waals surface area contributed by atoms with E-state index in [0.717, 1.165) is 51.5 Å². The predicted octanol–water partition coefficient (Wildman–Crippen LogP) is 4.29. The Hall–Kier alpha value is -3.68. The van der Waals surface area contributed by atoms with E-state index in [0.29, 0.717) is 18.3 Å². The number of carbonyl (C=O) groups excluding carboxylic acids is 1. The number of carbonyl (C=O) groups is 1. The van der Waals surface area contributed by atoms with E-state index in [-0.39, 0.29) is 5.91 Å². The molecule has 1 amide bonds. The smallest absolute Gasteiger partial charge is 0.234 e. The summed E-state index contributed by atoms with van der Waals surface area (Å²) in [6.07, 6.45) is 8.48. The molecule has 1 aromatic carbocycles. The van der Waals surface area contributed by atoms with Crippen LogP contribution < -0.4 is 5.32 Å². The Morgan fingerprint density at radius 1 is 1.12 bits per heavy atom. The quantitative estimate of drug-likeness (QED) is 0.498. The van der Waals surface area contributed by atoms with Crippen molar-refractivity contribution < 1.29 is 4.79 Å². The number of rotatable bonds is 5. The van der Waals surface area contributed by atoms with Crippen molar-refractivity contribution in [2.24, 2.45) is 5.92 Å². The van der Waals surface area contributed by atoms with Crippen LogP contribution in [0.5, 0.6) is 0 Å². The molecule has 3 aromatic heterocycles. The van der Waals surface area contributed by atoms with E-state index < -0.39 is 5.41 Å². The number of nitrogens with one attached hydrogen (secondary N) is 1. The molecule has 4 heterocycles. The summed E-state index contributed by atoms with van der Waals surface area (Å²) < 4.78 is 2.06. The van der Waals surface area contributed by atoms with E-state index in [1.807, 2.05) is 19.1 Å². The molecule has 1 saturated carbocycles. The van der Waals surface area contributed by atoms with Gasteiger partial charge in [-0.1, -0.05) is 18.9 Å². The fraction of sp³-hybridized carbons (Fsp3) is 0.360. The van der Waals surface area contributed by atoms with E-state index in [9.17, 15) is 4.79 Å². The Labute approximate surface area is 191 Å². The topological polar surface area (TPSA) is 98.5 Å². The molecule has 2 aliphatic rings. The zero-order chi connectivity index (χ0) is 22.7. The van der Waals surface area contributed by atoms with Gasteiger partial charge in [-0.3, -0.25) is 4.79 Å². The Morgan fingerprint density at radius 2 is 1.91 bits per heavy atom. The molecule has 1 aliphatic carbocycles.